The van der Waals surface area contributed by atoms with Gasteiger partial charge < -0.3 is 16.4 Å². The second kappa shape index (κ2) is 19.9. The minimum absolute atomic E-state index is 0.547. The molecule has 0 saturated heterocycles. The van der Waals surface area contributed by atoms with Gasteiger partial charge in [0, 0.05) is 12.7 Å². The van der Waals surface area contributed by atoms with Crippen molar-refractivity contribution < 1.29 is 0 Å². The number of nitrogens with zero attached hydrogens (tertiary/aromatic N) is 1. The van der Waals surface area contributed by atoms with Crippen molar-refractivity contribution in [1.82, 2.24) is 10.3 Å². The normalized spacial score (nSPS) is 9.93. The number of nitrogens with one attached hydrogen (secondary N) is 2. The third kappa shape index (κ3) is 15.9. The molecule has 1 aromatic carbocycles. The predicted molar refractivity (Wildman–Crippen MR) is 130 cm³/mol. The van der Waals surface area contributed by atoms with Gasteiger partial charge in [0.05, 0.1) is 5.69 Å². The van der Waals surface area contributed by atoms with Gasteiger partial charge in [0.2, 0.25) is 0 Å². The number of hydrogen-bond acceptors (Lipinski definition) is 4. The summed E-state index contributed by atoms with van der Waals surface area (Å²) in [5.74, 6) is 0.547. The highest BCUT2D eigenvalue weighted by atomic mass is 15.0. The van der Waals surface area contributed by atoms with Crippen molar-refractivity contribution in [3.8, 4) is 0 Å². The molecule has 1 heterocycles. The van der Waals surface area contributed by atoms with Gasteiger partial charge in [-0.15, -0.1) is 0 Å². The number of rotatable bonds is 10. The summed E-state index contributed by atoms with van der Waals surface area (Å²) in [7, 11) is 0. The van der Waals surface area contributed by atoms with Crippen LogP contribution in [0.15, 0.2) is 91.7 Å². The van der Waals surface area contributed by atoms with Gasteiger partial charge >= 0.3 is 0 Å². The third-order valence-electron chi connectivity index (χ3n) is 3.54. The molecule has 158 valence electrons. The maximum Gasteiger partial charge on any atom is 0.146 e. The summed E-state index contributed by atoms with van der Waals surface area (Å²) < 4.78 is 0. The van der Waals surface area contributed by atoms with E-state index in [1.54, 1.807) is 12.3 Å². The van der Waals surface area contributed by atoms with Crippen molar-refractivity contribution in [3.05, 3.63) is 91.7 Å². The first-order chi connectivity index (χ1) is 14.2. The Bertz CT molecular complexity index is 639. The second-order valence-electron chi connectivity index (χ2n) is 6.26. The van der Waals surface area contributed by atoms with Gasteiger partial charge in [-0.25, -0.2) is 4.98 Å². The number of benzene rings is 1. The van der Waals surface area contributed by atoms with Crippen LogP contribution in [-0.2, 0) is 0 Å². The molecule has 0 aliphatic carbocycles. The fourth-order valence-corrected chi connectivity index (χ4v) is 2.15. The molecule has 29 heavy (non-hydrogen) atoms. The van der Waals surface area contributed by atoms with E-state index >= 15 is 0 Å². The van der Waals surface area contributed by atoms with E-state index < -0.39 is 0 Å². The average Bonchev–Trinajstić information content (AvgIpc) is 2.75. The van der Waals surface area contributed by atoms with E-state index in [1.165, 1.54) is 12.0 Å². The van der Waals surface area contributed by atoms with Crippen LogP contribution in [0.3, 0.4) is 0 Å². The van der Waals surface area contributed by atoms with Gasteiger partial charge in [0.1, 0.15) is 5.82 Å². The Morgan fingerprint density at radius 3 is 2.14 bits per heavy atom. The van der Waals surface area contributed by atoms with Crippen LogP contribution in [0.1, 0.15) is 33.1 Å². The lowest BCUT2D eigenvalue weighted by Crippen LogP contribution is -2.19. The van der Waals surface area contributed by atoms with Crippen LogP contribution >= 0.6 is 0 Å². The number of nitrogens with two attached hydrogens (primary N) is 1. The van der Waals surface area contributed by atoms with Crippen molar-refractivity contribution in [2.45, 2.75) is 33.1 Å². The summed E-state index contributed by atoms with van der Waals surface area (Å²) in [6.07, 6.45) is 10.6. The molecule has 0 aliphatic heterocycles. The van der Waals surface area contributed by atoms with E-state index in [2.05, 4.69) is 42.6 Å². The molecule has 4 nitrogen and oxygen atoms in total. The number of pyridine rings is 1. The molecule has 2 aromatic rings. The summed E-state index contributed by atoms with van der Waals surface area (Å²) in [6.45, 7) is 14.5. The standard InChI is InChI=1S/C16H24N4.C6H6.C3H8/c1-3-7-14(4-2)9-13-18-10-6-12-19-15-8-5-11-20-16(15)17;1-2-4-6-5-3-1;1-3-2/h3-5,7-8,11,18-19H,1-2,6,9-10,12-13H2,(H2,17,20);1-6H;3H2,1-2H3/b14-7+;;. The molecular weight excluding hydrogens is 356 g/mol. The van der Waals surface area contributed by atoms with Gasteiger partial charge in [-0.05, 0) is 43.6 Å². The zero-order valence-corrected chi connectivity index (χ0v) is 18.1. The Balaban J connectivity index is 0.000000717. The van der Waals surface area contributed by atoms with Crippen molar-refractivity contribution in [2.24, 2.45) is 0 Å². The molecular formula is C25H38N4. The van der Waals surface area contributed by atoms with Crippen LogP contribution in [0.25, 0.3) is 0 Å². The lowest BCUT2D eigenvalue weighted by Gasteiger charge is -2.09. The Kier molecular flexibility index (Phi) is 17.9. The van der Waals surface area contributed by atoms with E-state index in [0.717, 1.165) is 38.2 Å². The zero-order valence-electron chi connectivity index (χ0n) is 18.1. The van der Waals surface area contributed by atoms with Crippen LogP contribution in [0.2, 0.25) is 0 Å². The molecule has 0 saturated carbocycles. The SMILES string of the molecule is C=C/C=C(\C=C)CCNCCCNc1cccnc1N.CCC.c1ccccc1. The van der Waals surface area contributed by atoms with Crippen LogP contribution in [-0.4, -0.2) is 24.6 Å². The fraction of sp³-hybridized carbons (Fsp3) is 0.320. The zero-order chi connectivity index (χ0) is 21.6. The van der Waals surface area contributed by atoms with Crippen molar-refractivity contribution >= 4 is 11.5 Å². The smallest absolute Gasteiger partial charge is 0.146 e. The molecule has 2 rings (SSSR count). The lowest BCUT2D eigenvalue weighted by molar-refractivity contribution is 0.661. The summed E-state index contributed by atoms with van der Waals surface area (Å²) in [6, 6.07) is 15.8. The van der Waals surface area contributed by atoms with E-state index in [1.807, 2.05) is 60.7 Å². The minimum atomic E-state index is 0.547. The summed E-state index contributed by atoms with van der Waals surface area (Å²) in [4.78, 5) is 4.03. The summed E-state index contributed by atoms with van der Waals surface area (Å²) in [5.41, 5.74) is 7.85. The third-order valence-corrected chi connectivity index (χ3v) is 3.54. The largest absolute Gasteiger partial charge is 0.382 e. The first kappa shape index (κ1) is 26.1. The van der Waals surface area contributed by atoms with Crippen molar-refractivity contribution in [3.63, 3.8) is 0 Å². The number of anilines is 2. The van der Waals surface area contributed by atoms with Gasteiger partial charge in [-0.2, -0.15) is 0 Å². The van der Waals surface area contributed by atoms with E-state index in [9.17, 15) is 0 Å². The monoisotopic (exact) mass is 394 g/mol. The molecule has 0 spiro atoms. The van der Waals surface area contributed by atoms with Gasteiger partial charge in [-0.3, -0.25) is 0 Å². The Morgan fingerprint density at radius 2 is 1.62 bits per heavy atom. The molecule has 0 radical (unpaired) electrons. The minimum Gasteiger partial charge on any atom is -0.382 e. The number of aromatic nitrogens is 1. The molecule has 0 unspecified atom stereocenters. The molecule has 0 amide bonds. The van der Waals surface area contributed by atoms with Crippen molar-refractivity contribution in [1.29, 1.82) is 0 Å². The summed E-state index contributed by atoms with van der Waals surface area (Å²) in [5, 5.41) is 6.68. The highest BCUT2D eigenvalue weighted by molar-refractivity contribution is 5.60. The highest BCUT2D eigenvalue weighted by Gasteiger charge is 1.97. The van der Waals surface area contributed by atoms with E-state index in [-0.39, 0.29) is 0 Å². The molecule has 1 aromatic heterocycles. The van der Waals surface area contributed by atoms with E-state index in [4.69, 9.17) is 5.73 Å². The van der Waals surface area contributed by atoms with E-state index in [0.29, 0.717) is 5.82 Å². The maximum atomic E-state index is 5.75. The topological polar surface area (TPSA) is 63.0 Å². The predicted octanol–water partition coefficient (Wildman–Crippen LogP) is 5.85. The molecule has 0 bridgehead atoms. The van der Waals surface area contributed by atoms with Crippen LogP contribution in [0, 0.1) is 0 Å². The highest BCUT2D eigenvalue weighted by Crippen LogP contribution is 2.12. The van der Waals surface area contributed by atoms with Crippen LogP contribution in [0.5, 0.6) is 0 Å². The quantitative estimate of drug-likeness (QED) is 0.349. The van der Waals surface area contributed by atoms with Crippen LogP contribution in [0.4, 0.5) is 11.5 Å². The second-order valence-corrected chi connectivity index (χ2v) is 6.26. The molecule has 4 heteroatoms. The van der Waals surface area contributed by atoms with Gasteiger partial charge in [-0.1, -0.05) is 88.1 Å². The Labute approximate surface area is 177 Å². The van der Waals surface area contributed by atoms with Crippen LogP contribution < -0.4 is 16.4 Å². The number of hydrogen-bond donors (Lipinski definition) is 3. The number of nitrogen functional groups attached to an aromatic ring is 1. The summed E-state index contributed by atoms with van der Waals surface area (Å²) >= 11 is 0. The Morgan fingerprint density at radius 1 is 1.00 bits per heavy atom. The van der Waals surface area contributed by atoms with Crippen molar-refractivity contribution in [2.75, 3.05) is 30.7 Å². The maximum absolute atomic E-state index is 5.75. The fourth-order valence-electron chi connectivity index (χ4n) is 2.15. The first-order valence-electron chi connectivity index (χ1n) is 10.3. The molecule has 0 aliphatic rings. The Hall–Kier alpha value is -2.85. The molecule has 0 fully saturated rings. The molecule has 0 atom stereocenters. The number of allylic oxidation sites excluding steroid dienone is 3. The van der Waals surface area contributed by atoms with Gasteiger partial charge in [0.25, 0.3) is 0 Å². The molecule has 4 N–H and O–H groups in total. The average molecular weight is 395 g/mol. The first-order valence-corrected chi connectivity index (χ1v) is 10.3. The lowest BCUT2D eigenvalue weighted by atomic mass is 10.1. The van der Waals surface area contributed by atoms with Gasteiger partial charge in [0.15, 0.2) is 0 Å².